The molecule has 1 N–H and O–H groups in total. The minimum Gasteiger partial charge on any atom is -0.394 e. The first kappa shape index (κ1) is 17.2. The molecule has 0 atom stereocenters. The standard InChI is InChI=1S/C19H16N8O2/c28-6-5-25-11-14(8-20-25)16-1-2-17-19(22-16)27(24-23-17)10-13-3-4-26-18(7-13)15(12-29)9-21-26/h1-4,7-9,11-12,28H,5-6,10H2. The van der Waals surface area contributed by atoms with Crippen LogP contribution in [0.15, 0.2) is 49.1 Å². The second kappa shape index (κ2) is 6.91. The van der Waals surface area contributed by atoms with E-state index in [-0.39, 0.29) is 6.61 Å². The van der Waals surface area contributed by atoms with Gasteiger partial charge >= 0.3 is 0 Å². The van der Waals surface area contributed by atoms with E-state index in [0.717, 1.165) is 28.6 Å². The van der Waals surface area contributed by atoms with Crippen LogP contribution in [0.1, 0.15) is 15.9 Å². The number of pyridine rings is 2. The molecule has 0 saturated heterocycles. The number of carbonyl (C=O) groups is 1. The summed E-state index contributed by atoms with van der Waals surface area (Å²) in [4.78, 5) is 15.9. The Morgan fingerprint density at radius 1 is 1.14 bits per heavy atom. The molecule has 29 heavy (non-hydrogen) atoms. The second-order valence-electron chi connectivity index (χ2n) is 6.58. The maximum Gasteiger partial charge on any atom is 0.179 e. The molecule has 0 aliphatic heterocycles. The van der Waals surface area contributed by atoms with Gasteiger partial charge in [0, 0.05) is 18.0 Å². The molecule has 5 aromatic heterocycles. The van der Waals surface area contributed by atoms with Crippen LogP contribution >= 0.6 is 0 Å². The van der Waals surface area contributed by atoms with E-state index in [2.05, 4.69) is 20.5 Å². The van der Waals surface area contributed by atoms with Gasteiger partial charge in [-0.25, -0.2) is 14.2 Å². The largest absolute Gasteiger partial charge is 0.394 e. The fraction of sp³-hybridized carbons (Fsp3) is 0.158. The van der Waals surface area contributed by atoms with Gasteiger partial charge in [-0.15, -0.1) is 5.10 Å². The summed E-state index contributed by atoms with van der Waals surface area (Å²) in [6, 6.07) is 7.57. The lowest BCUT2D eigenvalue weighted by Crippen LogP contribution is -2.04. The molecule has 0 aliphatic carbocycles. The lowest BCUT2D eigenvalue weighted by Gasteiger charge is -2.04. The zero-order chi connectivity index (χ0) is 19.8. The number of aromatic nitrogens is 8. The normalized spacial score (nSPS) is 11.5. The molecule has 0 radical (unpaired) electrons. The topological polar surface area (TPSA) is 116 Å². The number of hydrogen-bond donors (Lipinski definition) is 1. The van der Waals surface area contributed by atoms with E-state index in [0.29, 0.717) is 29.8 Å². The summed E-state index contributed by atoms with van der Waals surface area (Å²) in [5, 5.41) is 25.9. The molecule has 5 heterocycles. The van der Waals surface area contributed by atoms with Crippen LogP contribution in [0.25, 0.3) is 27.9 Å². The number of nitrogens with zero attached hydrogens (tertiary/aromatic N) is 8. The SMILES string of the molecule is O=Cc1cnn2ccc(Cn3nnc4ccc(-c5cnn(CCO)c5)nc43)cc12. The van der Waals surface area contributed by atoms with Gasteiger partial charge < -0.3 is 5.11 Å². The van der Waals surface area contributed by atoms with Crippen LogP contribution in [0.2, 0.25) is 0 Å². The number of aldehydes is 1. The van der Waals surface area contributed by atoms with Crippen molar-refractivity contribution in [2.24, 2.45) is 0 Å². The molecule has 0 bridgehead atoms. The molecule has 0 saturated carbocycles. The molecule has 144 valence electrons. The van der Waals surface area contributed by atoms with Crippen molar-refractivity contribution in [3.63, 3.8) is 0 Å². The summed E-state index contributed by atoms with van der Waals surface area (Å²) >= 11 is 0. The van der Waals surface area contributed by atoms with Gasteiger partial charge in [0.25, 0.3) is 0 Å². The van der Waals surface area contributed by atoms with Gasteiger partial charge in [-0.1, -0.05) is 5.21 Å². The van der Waals surface area contributed by atoms with Crippen molar-refractivity contribution >= 4 is 23.0 Å². The number of fused-ring (bicyclic) bond motifs is 2. The van der Waals surface area contributed by atoms with Gasteiger partial charge in [0.2, 0.25) is 0 Å². The van der Waals surface area contributed by atoms with Crippen molar-refractivity contribution < 1.29 is 9.90 Å². The average Bonchev–Trinajstić information content (AvgIpc) is 3.46. The highest BCUT2D eigenvalue weighted by molar-refractivity contribution is 5.85. The monoisotopic (exact) mass is 388 g/mol. The Morgan fingerprint density at radius 2 is 2.07 bits per heavy atom. The molecule has 5 aromatic rings. The van der Waals surface area contributed by atoms with E-state index >= 15 is 0 Å². The molecule has 0 amide bonds. The van der Waals surface area contributed by atoms with Gasteiger partial charge in [0.05, 0.1) is 48.9 Å². The quantitative estimate of drug-likeness (QED) is 0.434. The van der Waals surface area contributed by atoms with Crippen molar-refractivity contribution in [2.45, 2.75) is 13.1 Å². The average molecular weight is 388 g/mol. The van der Waals surface area contributed by atoms with Crippen LogP contribution in [0.5, 0.6) is 0 Å². The van der Waals surface area contributed by atoms with E-state index in [9.17, 15) is 4.79 Å². The van der Waals surface area contributed by atoms with Gasteiger partial charge in [0.1, 0.15) is 5.52 Å². The number of aliphatic hydroxyl groups is 1. The molecule has 0 spiro atoms. The Morgan fingerprint density at radius 3 is 2.93 bits per heavy atom. The first-order chi connectivity index (χ1) is 14.2. The van der Waals surface area contributed by atoms with Crippen molar-refractivity contribution in [2.75, 3.05) is 6.61 Å². The first-order valence-corrected chi connectivity index (χ1v) is 9.00. The molecule has 0 fully saturated rings. The van der Waals surface area contributed by atoms with Crippen molar-refractivity contribution in [1.82, 2.24) is 39.4 Å². The molecule has 0 aliphatic rings. The van der Waals surface area contributed by atoms with Gasteiger partial charge in [0.15, 0.2) is 11.9 Å². The summed E-state index contributed by atoms with van der Waals surface area (Å²) in [7, 11) is 0. The van der Waals surface area contributed by atoms with Crippen LogP contribution < -0.4 is 0 Å². The third-order valence-electron chi connectivity index (χ3n) is 4.69. The van der Waals surface area contributed by atoms with Crippen molar-refractivity contribution in [1.29, 1.82) is 0 Å². The van der Waals surface area contributed by atoms with E-state index in [1.54, 1.807) is 26.3 Å². The summed E-state index contributed by atoms with van der Waals surface area (Å²) in [5.41, 5.74) is 5.18. The Hall–Kier alpha value is -3.92. The molecule has 10 nitrogen and oxygen atoms in total. The summed E-state index contributed by atoms with van der Waals surface area (Å²) in [6.07, 6.45) is 7.70. The summed E-state index contributed by atoms with van der Waals surface area (Å²) < 4.78 is 5.05. The van der Waals surface area contributed by atoms with Crippen LogP contribution in [0, 0.1) is 0 Å². The minimum absolute atomic E-state index is 0.0254. The summed E-state index contributed by atoms with van der Waals surface area (Å²) in [5.74, 6) is 0. The van der Waals surface area contributed by atoms with Gasteiger partial charge in [-0.3, -0.25) is 9.48 Å². The Kier molecular flexibility index (Phi) is 4.10. The molecule has 5 rings (SSSR count). The highest BCUT2D eigenvalue weighted by Crippen LogP contribution is 2.20. The summed E-state index contributed by atoms with van der Waals surface area (Å²) in [6.45, 7) is 0.913. The van der Waals surface area contributed by atoms with Crippen LogP contribution in [-0.2, 0) is 13.1 Å². The Bertz CT molecular complexity index is 1330. The highest BCUT2D eigenvalue weighted by Gasteiger charge is 2.11. The number of rotatable bonds is 6. The molecular weight excluding hydrogens is 372 g/mol. The molecule has 0 aromatic carbocycles. The van der Waals surface area contributed by atoms with Crippen LogP contribution in [-0.4, -0.2) is 57.4 Å². The van der Waals surface area contributed by atoms with E-state index in [1.807, 2.05) is 36.7 Å². The molecular formula is C19H16N8O2. The Labute approximate surface area is 164 Å². The van der Waals surface area contributed by atoms with Crippen LogP contribution in [0.3, 0.4) is 0 Å². The lowest BCUT2D eigenvalue weighted by molar-refractivity contribution is 0.112. The molecule has 0 unspecified atom stereocenters. The van der Waals surface area contributed by atoms with Crippen molar-refractivity contribution in [3.05, 3.63) is 60.2 Å². The maximum atomic E-state index is 11.2. The number of hydrogen-bond acceptors (Lipinski definition) is 7. The highest BCUT2D eigenvalue weighted by atomic mass is 16.3. The van der Waals surface area contributed by atoms with Crippen LogP contribution in [0.4, 0.5) is 0 Å². The predicted octanol–water partition coefficient (Wildman–Crippen LogP) is 1.19. The predicted molar refractivity (Wildman–Crippen MR) is 103 cm³/mol. The second-order valence-corrected chi connectivity index (χ2v) is 6.58. The maximum absolute atomic E-state index is 11.2. The number of carbonyl (C=O) groups excluding carboxylic acids is 1. The third-order valence-corrected chi connectivity index (χ3v) is 4.69. The number of aliphatic hydroxyl groups excluding tert-OH is 1. The van der Waals surface area contributed by atoms with E-state index in [1.165, 1.54) is 0 Å². The minimum atomic E-state index is 0.0254. The van der Waals surface area contributed by atoms with E-state index < -0.39 is 0 Å². The lowest BCUT2D eigenvalue weighted by atomic mass is 10.2. The zero-order valence-electron chi connectivity index (χ0n) is 15.3. The Balaban J connectivity index is 1.51. The first-order valence-electron chi connectivity index (χ1n) is 9.00. The van der Waals surface area contributed by atoms with E-state index in [4.69, 9.17) is 10.1 Å². The molecule has 10 heteroatoms. The third kappa shape index (κ3) is 3.05. The van der Waals surface area contributed by atoms with Gasteiger partial charge in [-0.2, -0.15) is 10.2 Å². The zero-order valence-corrected chi connectivity index (χ0v) is 15.3. The smallest absolute Gasteiger partial charge is 0.179 e. The van der Waals surface area contributed by atoms with Gasteiger partial charge in [-0.05, 0) is 29.8 Å². The van der Waals surface area contributed by atoms with Crippen molar-refractivity contribution in [3.8, 4) is 11.3 Å². The fourth-order valence-electron chi connectivity index (χ4n) is 3.25. The fourth-order valence-corrected chi connectivity index (χ4v) is 3.25.